The zero-order valence-corrected chi connectivity index (χ0v) is 20.6. The van der Waals surface area contributed by atoms with Crippen molar-refractivity contribution in [2.45, 2.75) is 6.61 Å². The average Bonchev–Trinajstić information content (AvgIpc) is 3.32. The van der Waals surface area contributed by atoms with Gasteiger partial charge in [-0.15, -0.1) is 0 Å². The minimum atomic E-state index is -0.758. The number of nitrogens with zero attached hydrogens (tertiary/aromatic N) is 2. The van der Waals surface area contributed by atoms with Crippen LogP contribution in [0.25, 0.3) is 16.9 Å². The highest BCUT2D eigenvalue weighted by Gasteiger charge is 2.32. The molecule has 0 aliphatic carbocycles. The number of carbonyl (C=O) groups excluding carboxylic acids is 2. The van der Waals surface area contributed by atoms with E-state index < -0.39 is 11.9 Å². The molecule has 0 saturated heterocycles. The lowest BCUT2D eigenvalue weighted by atomic mass is 10.0. The third-order valence-corrected chi connectivity index (χ3v) is 5.61. The topological polar surface area (TPSA) is 88.9 Å². The molecule has 0 radical (unpaired) electrons. The van der Waals surface area contributed by atoms with Crippen LogP contribution in [-0.2, 0) is 16.1 Å². The number of hydrogen-bond acceptors (Lipinski definition) is 7. The molecule has 0 aliphatic rings. The fourth-order valence-corrected chi connectivity index (χ4v) is 3.85. The van der Waals surface area contributed by atoms with Crippen LogP contribution >= 0.6 is 11.6 Å². The first-order valence-electron chi connectivity index (χ1n) is 10.9. The van der Waals surface area contributed by atoms with Crippen LogP contribution in [0.3, 0.4) is 0 Å². The Kier molecular flexibility index (Phi) is 7.56. The Balaban J connectivity index is 1.88. The van der Waals surface area contributed by atoms with Crippen LogP contribution in [0, 0.1) is 0 Å². The van der Waals surface area contributed by atoms with Crippen LogP contribution in [-0.4, -0.2) is 43.0 Å². The molecule has 1 heterocycles. The maximum Gasteiger partial charge on any atom is 0.357 e. The third kappa shape index (κ3) is 5.04. The van der Waals surface area contributed by atoms with Gasteiger partial charge < -0.3 is 18.9 Å². The van der Waals surface area contributed by atoms with Crippen molar-refractivity contribution < 1.29 is 28.5 Å². The van der Waals surface area contributed by atoms with Gasteiger partial charge in [-0.25, -0.2) is 14.3 Å². The second kappa shape index (κ2) is 11.0. The first-order chi connectivity index (χ1) is 17.5. The molecule has 0 unspecified atom stereocenters. The molecule has 0 N–H and O–H groups in total. The SMILES string of the molecule is COC(=O)c1c(-c2cc(Cl)ccc2OCc2cccc(OC)c2)nn(-c2ccccc2)c1C(=O)OC. The molecule has 184 valence electrons. The van der Waals surface area contributed by atoms with Gasteiger partial charge >= 0.3 is 11.9 Å². The molecular formula is C27H23ClN2O6. The lowest BCUT2D eigenvalue weighted by Gasteiger charge is -2.12. The van der Waals surface area contributed by atoms with Crippen molar-refractivity contribution in [3.63, 3.8) is 0 Å². The van der Waals surface area contributed by atoms with E-state index in [0.29, 0.717) is 27.8 Å². The Bertz CT molecular complexity index is 1400. The predicted octanol–water partition coefficient (Wildman–Crippen LogP) is 5.35. The molecule has 3 aromatic carbocycles. The van der Waals surface area contributed by atoms with Crippen molar-refractivity contribution in [2.75, 3.05) is 21.3 Å². The van der Waals surface area contributed by atoms with E-state index in [4.69, 9.17) is 30.5 Å². The molecule has 1 aromatic heterocycles. The highest BCUT2D eigenvalue weighted by Crippen LogP contribution is 2.37. The van der Waals surface area contributed by atoms with E-state index in [-0.39, 0.29) is 23.6 Å². The minimum absolute atomic E-state index is 0.0679. The number of para-hydroxylation sites is 1. The molecule has 0 saturated carbocycles. The van der Waals surface area contributed by atoms with E-state index in [1.807, 2.05) is 30.3 Å². The first kappa shape index (κ1) is 24.8. The summed E-state index contributed by atoms with van der Waals surface area (Å²) in [5.74, 6) is -0.406. The van der Waals surface area contributed by atoms with Crippen molar-refractivity contribution in [3.05, 3.63) is 94.6 Å². The van der Waals surface area contributed by atoms with E-state index in [1.165, 1.54) is 18.9 Å². The molecule has 36 heavy (non-hydrogen) atoms. The zero-order chi connectivity index (χ0) is 25.7. The largest absolute Gasteiger partial charge is 0.497 e. The summed E-state index contributed by atoms with van der Waals surface area (Å²) in [6.45, 7) is 0.211. The van der Waals surface area contributed by atoms with Crippen molar-refractivity contribution in [2.24, 2.45) is 0 Å². The molecule has 0 fully saturated rings. The maximum atomic E-state index is 13.0. The average molecular weight is 507 g/mol. The van der Waals surface area contributed by atoms with Gasteiger partial charge in [-0.2, -0.15) is 5.10 Å². The van der Waals surface area contributed by atoms with E-state index in [2.05, 4.69) is 5.10 Å². The fraction of sp³-hybridized carbons (Fsp3) is 0.148. The molecule has 4 rings (SSSR count). The van der Waals surface area contributed by atoms with Gasteiger partial charge in [0.1, 0.15) is 29.4 Å². The Labute approximate surface area is 212 Å². The van der Waals surface area contributed by atoms with E-state index in [1.54, 1.807) is 49.6 Å². The molecule has 8 nitrogen and oxygen atoms in total. The number of benzene rings is 3. The summed E-state index contributed by atoms with van der Waals surface area (Å²) in [5.41, 5.74) is 1.84. The number of rotatable bonds is 8. The monoisotopic (exact) mass is 506 g/mol. The van der Waals surface area contributed by atoms with E-state index >= 15 is 0 Å². The lowest BCUT2D eigenvalue weighted by molar-refractivity contribution is 0.0549. The number of methoxy groups -OCH3 is 3. The van der Waals surface area contributed by atoms with Gasteiger partial charge in [-0.1, -0.05) is 41.9 Å². The number of aromatic nitrogens is 2. The molecule has 0 atom stereocenters. The molecule has 9 heteroatoms. The molecule has 0 spiro atoms. The molecule has 0 aliphatic heterocycles. The van der Waals surface area contributed by atoms with Crippen LogP contribution in [0.1, 0.15) is 26.4 Å². The fourth-order valence-electron chi connectivity index (χ4n) is 3.68. The third-order valence-electron chi connectivity index (χ3n) is 5.38. The van der Waals surface area contributed by atoms with E-state index in [0.717, 1.165) is 5.56 Å². The van der Waals surface area contributed by atoms with Gasteiger partial charge in [0.15, 0.2) is 5.69 Å². The molecule has 0 amide bonds. The highest BCUT2D eigenvalue weighted by molar-refractivity contribution is 6.31. The van der Waals surface area contributed by atoms with Crippen LogP contribution in [0.15, 0.2) is 72.8 Å². The summed E-state index contributed by atoms with van der Waals surface area (Å²) in [7, 11) is 4.05. The summed E-state index contributed by atoms with van der Waals surface area (Å²) in [6.07, 6.45) is 0. The summed E-state index contributed by atoms with van der Waals surface area (Å²) < 4.78 is 22.7. The number of hydrogen-bond donors (Lipinski definition) is 0. The summed E-state index contributed by atoms with van der Waals surface area (Å²) >= 11 is 6.33. The summed E-state index contributed by atoms with van der Waals surface area (Å²) in [4.78, 5) is 25.8. The van der Waals surface area contributed by atoms with Gasteiger partial charge in [0.2, 0.25) is 0 Å². The smallest absolute Gasteiger partial charge is 0.357 e. The van der Waals surface area contributed by atoms with Crippen molar-refractivity contribution in [1.29, 1.82) is 0 Å². The van der Waals surface area contributed by atoms with E-state index in [9.17, 15) is 9.59 Å². The minimum Gasteiger partial charge on any atom is -0.497 e. The van der Waals surface area contributed by atoms with Crippen LogP contribution < -0.4 is 9.47 Å². The van der Waals surface area contributed by atoms with Gasteiger partial charge in [0.05, 0.1) is 27.0 Å². The molecule has 4 aromatic rings. The Morgan fingerprint density at radius 2 is 1.64 bits per heavy atom. The molecular weight excluding hydrogens is 484 g/mol. The van der Waals surface area contributed by atoms with Crippen molar-refractivity contribution >= 4 is 23.5 Å². The number of carbonyl (C=O) groups is 2. The number of esters is 2. The summed E-state index contributed by atoms with van der Waals surface area (Å²) in [6, 6.07) is 21.3. The standard InChI is InChI=1S/C27H23ClN2O6/c1-33-20-11-7-8-17(14-20)16-36-22-13-12-18(28)15-21(22)24-23(26(31)34-2)25(27(32)35-3)30(29-24)19-9-5-4-6-10-19/h4-15H,16H2,1-3H3. The zero-order valence-electron chi connectivity index (χ0n) is 19.9. The van der Waals surface area contributed by atoms with Crippen LogP contribution in [0.5, 0.6) is 11.5 Å². The second-order valence-electron chi connectivity index (χ2n) is 7.58. The first-order valence-corrected chi connectivity index (χ1v) is 11.2. The predicted molar refractivity (Wildman–Crippen MR) is 134 cm³/mol. The number of ether oxygens (including phenoxy) is 4. The highest BCUT2D eigenvalue weighted by atomic mass is 35.5. The Hall–Kier alpha value is -4.30. The Morgan fingerprint density at radius 3 is 2.33 bits per heavy atom. The normalized spacial score (nSPS) is 10.6. The van der Waals surface area contributed by atoms with Gasteiger partial charge in [0, 0.05) is 10.6 Å². The van der Waals surface area contributed by atoms with Crippen molar-refractivity contribution in [3.8, 4) is 28.4 Å². The maximum absolute atomic E-state index is 13.0. The van der Waals surface area contributed by atoms with Crippen LogP contribution in [0.2, 0.25) is 5.02 Å². The quantitative estimate of drug-likeness (QED) is 0.297. The van der Waals surface area contributed by atoms with Gasteiger partial charge in [-0.3, -0.25) is 0 Å². The van der Waals surface area contributed by atoms with Gasteiger partial charge in [0.25, 0.3) is 0 Å². The summed E-state index contributed by atoms with van der Waals surface area (Å²) in [5, 5.41) is 5.02. The lowest BCUT2D eigenvalue weighted by Crippen LogP contribution is -2.15. The second-order valence-corrected chi connectivity index (χ2v) is 8.02. The van der Waals surface area contributed by atoms with Crippen molar-refractivity contribution in [1.82, 2.24) is 9.78 Å². The Morgan fingerprint density at radius 1 is 0.889 bits per heavy atom. The van der Waals surface area contributed by atoms with Crippen LogP contribution in [0.4, 0.5) is 0 Å². The molecule has 0 bridgehead atoms. The number of halogens is 1. The van der Waals surface area contributed by atoms with Gasteiger partial charge in [-0.05, 0) is 48.0 Å².